The number of nitrogens with one attached hydrogen (secondary N) is 1. The van der Waals surface area contributed by atoms with Gasteiger partial charge >= 0.3 is 0 Å². The number of morpholine rings is 1. The lowest BCUT2D eigenvalue weighted by Gasteiger charge is -2.39. The fourth-order valence-corrected chi connectivity index (χ4v) is 12.9. The van der Waals surface area contributed by atoms with Gasteiger partial charge < -0.3 is 19.7 Å². The number of carbonyl (C=O) groups excluding carboxylic acids is 1. The van der Waals surface area contributed by atoms with E-state index < -0.39 is 5.60 Å². The molecule has 1 atom stereocenters. The van der Waals surface area contributed by atoms with Crippen molar-refractivity contribution >= 4 is 34.1 Å². The molecule has 0 bridgehead atoms. The molecule has 378 valence electrons. The summed E-state index contributed by atoms with van der Waals surface area (Å²) in [5.41, 5.74) is 16.0. The Morgan fingerprint density at radius 2 is 1.33 bits per heavy atom. The summed E-state index contributed by atoms with van der Waals surface area (Å²) in [6.45, 7) is 12.2. The number of hydrogen-bond donors (Lipinski definition) is 1. The molecule has 1 amide bonds. The van der Waals surface area contributed by atoms with Gasteiger partial charge in [0.05, 0.1) is 13.2 Å². The van der Waals surface area contributed by atoms with E-state index in [1.807, 2.05) is 36.4 Å². The van der Waals surface area contributed by atoms with Crippen molar-refractivity contribution in [2.45, 2.75) is 96.0 Å². The van der Waals surface area contributed by atoms with Gasteiger partial charge in [-0.25, -0.2) is 4.39 Å². The van der Waals surface area contributed by atoms with Gasteiger partial charge in [0.1, 0.15) is 11.6 Å². The highest BCUT2D eigenvalue weighted by atomic mass is 19.1. The molecule has 2 aliphatic heterocycles. The third kappa shape index (κ3) is 9.15. The van der Waals surface area contributed by atoms with Crippen molar-refractivity contribution in [3.8, 4) is 39.1 Å². The number of rotatable bonds is 12. The van der Waals surface area contributed by atoms with Crippen LogP contribution in [0.1, 0.15) is 127 Å². The molecule has 4 aliphatic rings. The van der Waals surface area contributed by atoms with Gasteiger partial charge in [-0.1, -0.05) is 155 Å². The number of carbonyl (C=O) groups is 1. The fourth-order valence-electron chi connectivity index (χ4n) is 12.9. The molecule has 1 saturated heterocycles. The summed E-state index contributed by atoms with van der Waals surface area (Å²) in [6.07, 6.45) is 15.2. The highest BCUT2D eigenvalue weighted by Crippen LogP contribution is 2.59. The average molecular weight is 991 g/mol. The molecular weight excluding hydrogens is 924 g/mol. The molecule has 1 N–H and O–H groups in total. The number of amides is 1. The Bertz CT molecular complexity index is 3420. The van der Waals surface area contributed by atoms with Crippen molar-refractivity contribution in [1.29, 1.82) is 0 Å². The van der Waals surface area contributed by atoms with Crippen LogP contribution in [0, 0.1) is 18.7 Å². The molecule has 0 aromatic heterocycles. The summed E-state index contributed by atoms with van der Waals surface area (Å²) in [6, 6.07) is 54.2. The second-order valence-electron chi connectivity index (χ2n) is 22.2. The number of ether oxygens (including phenoxy) is 2. The van der Waals surface area contributed by atoms with Gasteiger partial charge in [0.15, 0.2) is 5.60 Å². The van der Waals surface area contributed by atoms with E-state index in [1.54, 1.807) is 0 Å². The van der Waals surface area contributed by atoms with Gasteiger partial charge in [-0.05, 0) is 167 Å². The largest absolute Gasteiger partial charge is 0.472 e. The number of halogens is 1. The molecule has 1 unspecified atom stereocenters. The smallest absolute Gasteiger partial charge is 0.255 e. The molecule has 0 radical (unpaired) electrons. The molecule has 6 heteroatoms. The van der Waals surface area contributed by atoms with Crippen LogP contribution in [0.15, 0.2) is 164 Å². The van der Waals surface area contributed by atoms with Crippen LogP contribution in [0.5, 0.6) is 5.75 Å². The lowest BCUT2D eigenvalue weighted by Crippen LogP contribution is -2.37. The summed E-state index contributed by atoms with van der Waals surface area (Å²) in [5.74, 6) is 1.99. The number of nitrogens with zero attached hydrogens (tertiary/aromatic N) is 1. The summed E-state index contributed by atoms with van der Waals surface area (Å²) in [5, 5.41) is 5.32. The van der Waals surface area contributed by atoms with E-state index in [2.05, 4.69) is 159 Å². The number of fused-ring (bicyclic) bond motifs is 8. The lowest BCUT2D eigenvalue weighted by molar-refractivity contribution is 0.102. The third-order valence-corrected chi connectivity index (χ3v) is 17.1. The first kappa shape index (κ1) is 48.6. The molecule has 2 heterocycles. The topological polar surface area (TPSA) is 50.8 Å². The summed E-state index contributed by atoms with van der Waals surface area (Å²) >= 11 is 0. The van der Waals surface area contributed by atoms with E-state index in [0.717, 1.165) is 85.8 Å². The first-order valence-corrected chi connectivity index (χ1v) is 27.5. The minimum Gasteiger partial charge on any atom is -0.472 e. The van der Waals surface area contributed by atoms with Crippen LogP contribution < -0.4 is 15.0 Å². The van der Waals surface area contributed by atoms with E-state index in [9.17, 15) is 9.18 Å². The molecular formula is C69H67FN2O3. The lowest BCUT2D eigenvalue weighted by atomic mass is 9.76. The molecule has 1 saturated carbocycles. The van der Waals surface area contributed by atoms with Crippen molar-refractivity contribution in [1.82, 2.24) is 0 Å². The second-order valence-corrected chi connectivity index (χ2v) is 22.2. The van der Waals surface area contributed by atoms with E-state index in [-0.39, 0.29) is 17.1 Å². The Morgan fingerprint density at radius 3 is 2.03 bits per heavy atom. The third-order valence-electron chi connectivity index (χ3n) is 17.1. The molecule has 5 nitrogen and oxygen atoms in total. The van der Waals surface area contributed by atoms with Crippen LogP contribution in [-0.2, 0) is 15.8 Å². The van der Waals surface area contributed by atoms with Gasteiger partial charge in [-0.15, -0.1) is 0 Å². The van der Waals surface area contributed by atoms with Crippen molar-refractivity contribution in [2.24, 2.45) is 5.92 Å². The average Bonchev–Trinajstić information content (AvgIpc) is 3.74. The zero-order chi connectivity index (χ0) is 51.3. The minimum atomic E-state index is -1.01. The van der Waals surface area contributed by atoms with E-state index in [1.165, 1.54) is 96.9 Å². The minimum absolute atomic E-state index is 0.133. The van der Waals surface area contributed by atoms with E-state index in [4.69, 9.17) is 9.47 Å². The Balaban J connectivity index is 0.792. The summed E-state index contributed by atoms with van der Waals surface area (Å²) < 4.78 is 27.8. The zero-order valence-corrected chi connectivity index (χ0v) is 43.9. The van der Waals surface area contributed by atoms with Crippen LogP contribution in [0.4, 0.5) is 15.8 Å². The first-order chi connectivity index (χ1) is 36.6. The SMILES string of the molecule is CCCCCC1CCC(c2ccc(-c3ccc(C(=O)Nc4ccc(-c5ccc6c(c5)-c5c(c7c(c8cc(C)ccc58)OC(c5ccc(F)cc5)(c5ccc(N8CCOCC8)cc5)C=C7)C6(C)C)cc4)cc3)cc2)CC1. The maximum Gasteiger partial charge on any atom is 0.255 e. The zero-order valence-electron chi connectivity index (χ0n) is 43.9. The van der Waals surface area contributed by atoms with E-state index >= 15 is 0 Å². The fraction of sp³-hybridized carbons (Fsp3) is 0.290. The number of benzene rings is 8. The van der Waals surface area contributed by atoms with Crippen molar-refractivity contribution < 1.29 is 18.7 Å². The van der Waals surface area contributed by atoms with Gasteiger partial charge in [-0.3, -0.25) is 4.79 Å². The number of unbranched alkanes of at least 4 members (excludes halogenated alkanes) is 2. The molecule has 8 aromatic carbocycles. The van der Waals surface area contributed by atoms with Crippen molar-refractivity contribution in [3.63, 3.8) is 0 Å². The van der Waals surface area contributed by atoms with Crippen LogP contribution >= 0.6 is 0 Å². The Kier molecular flexibility index (Phi) is 13.0. The van der Waals surface area contributed by atoms with Crippen LogP contribution in [0.2, 0.25) is 0 Å². The van der Waals surface area contributed by atoms with Gasteiger partial charge in [-0.2, -0.15) is 0 Å². The first-order valence-electron chi connectivity index (χ1n) is 27.5. The predicted molar refractivity (Wildman–Crippen MR) is 307 cm³/mol. The molecule has 8 aromatic rings. The Labute approximate surface area is 442 Å². The standard InChI is InChI=1S/C69H67FN2O3/c1-5-6-7-8-46-10-12-47(13-11-46)48-14-16-49(17-15-48)50-18-20-52(21-19-50)67(73)71-57-31-22-51(23-32-57)53-24-36-63-62(44-53)64-59-35-9-45(2)43-61(59)66-60(65(64)68(63,3)4)37-38-69(75-66,54-25-29-56(70)30-26-54)55-27-33-58(34-28-55)72-39-41-74-42-40-72/h9,14-38,43-44,46-47H,5-8,10-13,39-42H2,1-4H3,(H,71,73). The Morgan fingerprint density at radius 1 is 0.693 bits per heavy atom. The number of aryl methyl sites for hydroxylation is 1. The highest BCUT2D eigenvalue weighted by Gasteiger charge is 2.44. The maximum absolute atomic E-state index is 14.6. The van der Waals surface area contributed by atoms with Crippen LogP contribution in [0.25, 0.3) is 50.2 Å². The maximum atomic E-state index is 14.6. The number of hydrogen-bond acceptors (Lipinski definition) is 4. The van der Waals surface area contributed by atoms with Gasteiger partial charge in [0, 0.05) is 57.5 Å². The second kappa shape index (κ2) is 20.1. The Hall–Kier alpha value is -7.28. The molecule has 0 spiro atoms. The quantitative estimate of drug-likeness (QED) is 0.124. The van der Waals surface area contributed by atoms with Crippen LogP contribution in [0.3, 0.4) is 0 Å². The number of anilines is 2. The van der Waals surface area contributed by atoms with Gasteiger partial charge in [0.2, 0.25) is 0 Å². The van der Waals surface area contributed by atoms with Crippen molar-refractivity contribution in [2.75, 3.05) is 36.5 Å². The molecule has 2 aliphatic carbocycles. The predicted octanol–water partition coefficient (Wildman–Crippen LogP) is 17.2. The van der Waals surface area contributed by atoms with Crippen LogP contribution in [-0.4, -0.2) is 32.2 Å². The van der Waals surface area contributed by atoms with Gasteiger partial charge in [0.25, 0.3) is 5.91 Å². The molecule has 2 fully saturated rings. The summed E-state index contributed by atoms with van der Waals surface area (Å²) in [4.78, 5) is 15.9. The van der Waals surface area contributed by atoms with Crippen molar-refractivity contribution in [3.05, 3.63) is 214 Å². The highest BCUT2D eigenvalue weighted by molar-refractivity contribution is 6.09. The normalized spacial score (nSPS) is 19.5. The molecule has 75 heavy (non-hydrogen) atoms. The summed E-state index contributed by atoms with van der Waals surface area (Å²) in [7, 11) is 0. The monoisotopic (exact) mass is 991 g/mol. The van der Waals surface area contributed by atoms with E-state index in [0.29, 0.717) is 24.7 Å². The molecule has 12 rings (SSSR count).